The van der Waals surface area contributed by atoms with Crippen molar-refractivity contribution in [2.45, 2.75) is 30.9 Å². The first-order valence-electron chi connectivity index (χ1n) is 11.8. The fraction of sp³-hybridized carbons (Fsp3) is 0.214. The number of carboxylic acid groups (broad SMARTS) is 1. The number of ether oxygens (including phenoxy) is 3. The van der Waals surface area contributed by atoms with E-state index in [0.29, 0.717) is 45.7 Å². The molecule has 1 aromatic heterocycles. The van der Waals surface area contributed by atoms with Crippen LogP contribution in [-0.2, 0) is 11.4 Å². The van der Waals surface area contributed by atoms with Crippen LogP contribution >= 0.6 is 23.1 Å². The SMILES string of the molecule is CCOc1ccc(-c2nc(COc3ccc(OCC(=O)O)c(C)c3)sc2-c2cccc(SC(F)(F)F)c2)cc1. The van der Waals surface area contributed by atoms with Crippen LogP contribution in [0.15, 0.2) is 71.6 Å². The van der Waals surface area contributed by atoms with Gasteiger partial charge >= 0.3 is 11.5 Å². The minimum Gasteiger partial charge on any atom is -0.494 e. The van der Waals surface area contributed by atoms with Crippen molar-refractivity contribution in [2.24, 2.45) is 0 Å². The Hall–Kier alpha value is -3.70. The summed E-state index contributed by atoms with van der Waals surface area (Å²) in [6, 6.07) is 18.7. The van der Waals surface area contributed by atoms with Gasteiger partial charge < -0.3 is 19.3 Å². The fourth-order valence-electron chi connectivity index (χ4n) is 3.69. The molecule has 0 amide bonds. The van der Waals surface area contributed by atoms with Gasteiger partial charge in [0.05, 0.1) is 17.2 Å². The van der Waals surface area contributed by atoms with Crippen molar-refractivity contribution in [3.05, 3.63) is 77.3 Å². The van der Waals surface area contributed by atoms with Crippen molar-refractivity contribution in [1.82, 2.24) is 4.98 Å². The molecule has 39 heavy (non-hydrogen) atoms. The lowest BCUT2D eigenvalue weighted by Crippen LogP contribution is -2.10. The van der Waals surface area contributed by atoms with Crippen LogP contribution in [0.5, 0.6) is 17.2 Å². The number of rotatable bonds is 11. The highest BCUT2D eigenvalue weighted by Gasteiger charge is 2.29. The molecule has 6 nitrogen and oxygen atoms in total. The third-order valence-corrected chi connectivity index (χ3v) is 7.10. The summed E-state index contributed by atoms with van der Waals surface area (Å²) >= 11 is 1.18. The molecule has 11 heteroatoms. The molecular weight excluding hydrogens is 551 g/mol. The normalized spacial score (nSPS) is 11.3. The Morgan fingerprint density at radius 2 is 1.72 bits per heavy atom. The molecule has 0 radical (unpaired) electrons. The van der Waals surface area contributed by atoms with E-state index in [1.54, 1.807) is 37.3 Å². The molecule has 4 aromatic rings. The second-order valence-corrected chi connectivity index (χ2v) is 10.4. The highest BCUT2D eigenvalue weighted by molar-refractivity contribution is 8.00. The standard InChI is InChI=1S/C28H24F3NO5S2/c1-3-35-20-9-7-18(8-10-20)26-27(19-5-4-6-22(14-19)39-28(29,30)31)38-24(32-26)15-36-21-11-12-23(17(2)13-21)37-16-25(33)34/h4-14H,3,15-16H2,1-2H3,(H,33,34). The number of aryl methyl sites for hydroxylation is 1. The number of nitrogens with zero attached hydrogens (tertiary/aromatic N) is 1. The van der Waals surface area contributed by atoms with Gasteiger partial charge in [-0.2, -0.15) is 13.2 Å². The van der Waals surface area contributed by atoms with E-state index in [2.05, 4.69) is 0 Å². The van der Waals surface area contributed by atoms with Gasteiger partial charge in [0.15, 0.2) is 6.61 Å². The average Bonchev–Trinajstić information content (AvgIpc) is 3.31. The number of aliphatic carboxylic acids is 1. The zero-order chi connectivity index (χ0) is 28.0. The first kappa shape index (κ1) is 28.3. The second-order valence-electron chi connectivity index (χ2n) is 8.22. The van der Waals surface area contributed by atoms with Crippen LogP contribution in [0.3, 0.4) is 0 Å². The molecule has 0 aliphatic carbocycles. The summed E-state index contributed by atoms with van der Waals surface area (Å²) in [4.78, 5) is 16.3. The lowest BCUT2D eigenvalue weighted by Gasteiger charge is -2.09. The van der Waals surface area contributed by atoms with Crippen LogP contribution in [0.25, 0.3) is 21.7 Å². The van der Waals surface area contributed by atoms with Gasteiger partial charge in [-0.25, -0.2) is 9.78 Å². The molecule has 0 saturated carbocycles. The topological polar surface area (TPSA) is 77.9 Å². The summed E-state index contributed by atoms with van der Waals surface area (Å²) < 4.78 is 55.7. The van der Waals surface area contributed by atoms with E-state index in [4.69, 9.17) is 24.3 Å². The quantitative estimate of drug-likeness (QED) is 0.183. The number of thioether (sulfide) groups is 1. The maximum absolute atomic E-state index is 13.0. The molecule has 0 saturated heterocycles. The first-order chi connectivity index (χ1) is 18.6. The number of benzene rings is 3. The molecule has 4 rings (SSSR count). The van der Waals surface area contributed by atoms with Gasteiger partial charge in [0, 0.05) is 10.5 Å². The second kappa shape index (κ2) is 12.4. The predicted octanol–water partition coefficient (Wildman–Crippen LogP) is 7.84. The van der Waals surface area contributed by atoms with E-state index in [1.807, 2.05) is 31.2 Å². The van der Waals surface area contributed by atoms with E-state index in [9.17, 15) is 18.0 Å². The molecule has 0 aliphatic heterocycles. The smallest absolute Gasteiger partial charge is 0.446 e. The van der Waals surface area contributed by atoms with Crippen molar-refractivity contribution >= 4 is 29.1 Å². The van der Waals surface area contributed by atoms with Gasteiger partial charge in [-0.05, 0) is 91.3 Å². The minimum absolute atomic E-state index is 0.0875. The number of carbonyl (C=O) groups is 1. The summed E-state index contributed by atoms with van der Waals surface area (Å²) in [5, 5.41) is 9.44. The number of alkyl halides is 3. The molecule has 0 atom stereocenters. The summed E-state index contributed by atoms with van der Waals surface area (Å²) in [7, 11) is 0. The summed E-state index contributed by atoms with van der Waals surface area (Å²) in [5.74, 6) is 0.616. The Morgan fingerprint density at radius 3 is 2.38 bits per heavy atom. The Balaban J connectivity index is 1.62. The van der Waals surface area contributed by atoms with Crippen LogP contribution in [0.1, 0.15) is 17.5 Å². The van der Waals surface area contributed by atoms with Gasteiger partial charge in [0.1, 0.15) is 28.9 Å². The third-order valence-electron chi connectivity index (χ3n) is 5.30. The van der Waals surface area contributed by atoms with Crippen molar-refractivity contribution in [3.63, 3.8) is 0 Å². The molecular formula is C28H24F3NO5S2. The van der Waals surface area contributed by atoms with E-state index >= 15 is 0 Å². The number of hydrogen-bond donors (Lipinski definition) is 1. The molecule has 0 unspecified atom stereocenters. The number of aromatic nitrogens is 1. The highest BCUT2D eigenvalue weighted by atomic mass is 32.2. The Bertz CT molecular complexity index is 1440. The average molecular weight is 576 g/mol. The lowest BCUT2D eigenvalue weighted by atomic mass is 10.1. The first-order valence-corrected chi connectivity index (χ1v) is 13.4. The van der Waals surface area contributed by atoms with Crippen LogP contribution in [0.2, 0.25) is 0 Å². The van der Waals surface area contributed by atoms with Crippen molar-refractivity contribution in [3.8, 4) is 38.9 Å². The van der Waals surface area contributed by atoms with Gasteiger partial charge in [-0.3, -0.25) is 0 Å². The van der Waals surface area contributed by atoms with E-state index < -0.39 is 18.1 Å². The molecule has 1 N–H and O–H groups in total. The van der Waals surface area contributed by atoms with Crippen molar-refractivity contribution in [2.75, 3.05) is 13.2 Å². The monoisotopic (exact) mass is 575 g/mol. The van der Waals surface area contributed by atoms with Crippen LogP contribution in [0.4, 0.5) is 13.2 Å². The number of halogens is 3. The number of carboxylic acids is 1. The number of thiazole rings is 1. The maximum Gasteiger partial charge on any atom is 0.446 e. The molecule has 0 aliphatic rings. The van der Waals surface area contributed by atoms with Gasteiger partial charge in [0.2, 0.25) is 0 Å². The zero-order valence-corrected chi connectivity index (χ0v) is 22.6. The lowest BCUT2D eigenvalue weighted by molar-refractivity contribution is -0.139. The van der Waals surface area contributed by atoms with Gasteiger partial charge in [-0.1, -0.05) is 12.1 Å². The largest absolute Gasteiger partial charge is 0.494 e. The molecule has 204 valence electrons. The van der Waals surface area contributed by atoms with Crippen molar-refractivity contribution in [1.29, 1.82) is 0 Å². The predicted molar refractivity (Wildman–Crippen MR) is 145 cm³/mol. The maximum atomic E-state index is 13.0. The fourth-order valence-corrected chi connectivity index (χ4v) is 5.28. The van der Waals surface area contributed by atoms with Gasteiger partial charge in [0.25, 0.3) is 0 Å². The van der Waals surface area contributed by atoms with Crippen molar-refractivity contribution < 1.29 is 37.3 Å². The van der Waals surface area contributed by atoms with E-state index in [1.165, 1.54) is 23.5 Å². The minimum atomic E-state index is -4.39. The summed E-state index contributed by atoms with van der Waals surface area (Å²) in [6.07, 6.45) is 0. The zero-order valence-electron chi connectivity index (χ0n) is 20.9. The summed E-state index contributed by atoms with van der Waals surface area (Å²) in [6.45, 7) is 3.88. The summed E-state index contributed by atoms with van der Waals surface area (Å²) in [5.41, 5.74) is -1.64. The Labute approximate surface area is 231 Å². The Kier molecular flexibility index (Phi) is 9.03. The Morgan fingerprint density at radius 1 is 0.974 bits per heavy atom. The highest BCUT2D eigenvalue weighted by Crippen LogP contribution is 2.42. The van der Waals surface area contributed by atoms with E-state index in [0.717, 1.165) is 10.4 Å². The third kappa shape index (κ3) is 7.90. The van der Waals surface area contributed by atoms with Gasteiger partial charge in [-0.15, -0.1) is 11.3 Å². The van der Waals surface area contributed by atoms with Crippen LogP contribution in [-0.4, -0.2) is 34.8 Å². The molecule has 1 heterocycles. The molecule has 0 bridgehead atoms. The number of hydrogen-bond acceptors (Lipinski definition) is 7. The van der Waals surface area contributed by atoms with Crippen LogP contribution < -0.4 is 14.2 Å². The van der Waals surface area contributed by atoms with Crippen LogP contribution in [0, 0.1) is 6.92 Å². The molecule has 3 aromatic carbocycles. The van der Waals surface area contributed by atoms with E-state index in [-0.39, 0.29) is 23.3 Å². The molecule has 0 fully saturated rings. The molecule has 0 spiro atoms.